The van der Waals surface area contributed by atoms with Gasteiger partial charge in [-0.05, 0) is 13.8 Å². The molecule has 2 bridgehead atoms. The van der Waals surface area contributed by atoms with Gasteiger partial charge in [0, 0.05) is 7.05 Å². The first kappa shape index (κ1) is 10.5. The summed E-state index contributed by atoms with van der Waals surface area (Å²) in [7, 11) is 1.47. The van der Waals surface area contributed by atoms with Crippen LogP contribution in [0.25, 0.3) is 0 Å². The largest absolute Gasteiger partial charge is 0.349 e. The van der Waals surface area contributed by atoms with Crippen LogP contribution in [0.15, 0.2) is 19.8 Å². The lowest BCUT2D eigenvalue weighted by molar-refractivity contribution is 0.106. The first-order chi connectivity index (χ1) is 7.68. The van der Waals surface area contributed by atoms with Crippen molar-refractivity contribution in [2.24, 2.45) is 22.7 Å². The van der Waals surface area contributed by atoms with E-state index in [0.717, 1.165) is 4.57 Å². The maximum Gasteiger partial charge on any atom is 0.349 e. The van der Waals surface area contributed by atoms with Crippen LogP contribution in [0.5, 0.6) is 0 Å². The molecule has 0 amide bonds. The second-order valence-corrected chi connectivity index (χ2v) is 5.61. The Morgan fingerprint density at radius 1 is 0.882 bits per heavy atom. The van der Waals surface area contributed by atoms with E-state index in [1.165, 1.54) is 16.4 Å². The molecule has 3 heterocycles. The molecule has 0 N–H and O–H groups in total. The van der Waals surface area contributed by atoms with Crippen molar-refractivity contribution >= 4 is 0 Å². The molecule has 17 heavy (non-hydrogen) atoms. The third-order valence-corrected chi connectivity index (χ3v) is 4.77. The van der Waals surface area contributed by atoms with Gasteiger partial charge in [0.25, 0.3) is 0 Å². The summed E-state index contributed by atoms with van der Waals surface area (Å²) in [5.74, 6) is 0. The van der Waals surface area contributed by atoms with Gasteiger partial charge in [-0.25, -0.2) is 14.2 Å². The van der Waals surface area contributed by atoms with Gasteiger partial charge in [-0.15, -0.1) is 0 Å². The lowest BCUT2D eigenvalue weighted by Gasteiger charge is -2.32. The predicted molar refractivity (Wildman–Crippen MR) is 59.9 cm³/mol. The van der Waals surface area contributed by atoms with Gasteiger partial charge >= 0.3 is 11.4 Å². The Bertz CT molecular complexity index is 622. The Labute approximate surface area is 97.4 Å². The minimum absolute atomic E-state index is 0.340. The summed E-state index contributed by atoms with van der Waals surface area (Å²) in [6, 6.07) is 0. The van der Waals surface area contributed by atoms with Crippen LogP contribution in [0.3, 0.4) is 0 Å². The fourth-order valence-corrected chi connectivity index (χ4v) is 2.81. The number of aromatic nitrogens is 3. The van der Waals surface area contributed by atoms with Crippen molar-refractivity contribution in [3.63, 3.8) is 0 Å². The molecule has 0 unspecified atom stereocenters. The predicted octanol–water partition coefficient (Wildman–Crippen LogP) is 0.199. The van der Waals surface area contributed by atoms with Crippen LogP contribution in [0.2, 0.25) is 0 Å². The molecule has 3 rings (SSSR count). The molecule has 0 saturated heterocycles. The van der Waals surface area contributed by atoms with Crippen LogP contribution in [0.1, 0.15) is 27.7 Å². The van der Waals surface area contributed by atoms with E-state index >= 15 is 0 Å². The van der Waals surface area contributed by atoms with Crippen molar-refractivity contribution in [3.8, 4) is 0 Å². The fraction of sp³-hybridized carbons (Fsp3) is 0.800. The molecule has 0 spiro atoms. The number of hydrogen-bond donors (Lipinski definition) is 0. The summed E-state index contributed by atoms with van der Waals surface area (Å²) in [6.07, 6.45) is 0. The zero-order valence-corrected chi connectivity index (χ0v) is 10.6. The summed E-state index contributed by atoms with van der Waals surface area (Å²) in [4.78, 5) is 24.2. The molecule has 1 aromatic rings. The SMILES string of the molecule is Cn1c(=O)n2n(c1=O)[C@@]1(C)N=N[C@]2(C)C1(C)C. The zero-order chi connectivity index (χ0) is 12.8. The number of hydrogen-bond acceptors (Lipinski definition) is 4. The quantitative estimate of drug-likeness (QED) is 0.646. The summed E-state index contributed by atoms with van der Waals surface area (Å²) in [5, 5.41) is 8.46. The van der Waals surface area contributed by atoms with Gasteiger partial charge < -0.3 is 0 Å². The van der Waals surface area contributed by atoms with Crippen LogP contribution in [-0.2, 0) is 18.4 Å². The molecular formula is C10H15N5O2. The van der Waals surface area contributed by atoms with Crippen LogP contribution in [-0.4, -0.2) is 13.9 Å². The molecule has 0 fully saturated rings. The lowest BCUT2D eigenvalue weighted by atomic mass is 9.73. The number of fused-ring (bicyclic) bond motifs is 5. The van der Waals surface area contributed by atoms with E-state index in [-0.39, 0.29) is 11.4 Å². The second kappa shape index (κ2) is 2.30. The van der Waals surface area contributed by atoms with Gasteiger partial charge in [0.15, 0.2) is 11.3 Å². The van der Waals surface area contributed by atoms with E-state index in [9.17, 15) is 9.59 Å². The second-order valence-electron chi connectivity index (χ2n) is 5.61. The average Bonchev–Trinajstić information content (AvgIpc) is 2.64. The molecular weight excluding hydrogens is 222 g/mol. The zero-order valence-electron chi connectivity index (χ0n) is 10.6. The first-order valence-corrected chi connectivity index (χ1v) is 5.54. The summed E-state index contributed by atoms with van der Waals surface area (Å²) < 4.78 is 3.97. The molecule has 2 aliphatic rings. The van der Waals surface area contributed by atoms with Gasteiger partial charge in [-0.3, -0.25) is 0 Å². The standard InChI is InChI=1S/C10H15N5O2/c1-8(2)9(3)11-12-10(8,4)15-7(17)13(5)6(16)14(9)15/h1-5H3/t9-,10+. The molecule has 7 heteroatoms. The number of azo groups is 1. The Morgan fingerprint density at radius 2 is 1.24 bits per heavy atom. The van der Waals surface area contributed by atoms with E-state index in [4.69, 9.17) is 0 Å². The van der Waals surface area contributed by atoms with Crippen molar-refractivity contribution in [3.05, 3.63) is 21.0 Å². The Morgan fingerprint density at radius 3 is 1.59 bits per heavy atom. The minimum Gasteiger partial charge on any atom is -0.246 e. The van der Waals surface area contributed by atoms with Crippen molar-refractivity contribution in [2.75, 3.05) is 0 Å². The monoisotopic (exact) mass is 237 g/mol. The van der Waals surface area contributed by atoms with Crippen molar-refractivity contribution in [1.29, 1.82) is 0 Å². The number of rotatable bonds is 0. The van der Waals surface area contributed by atoms with E-state index in [1.54, 1.807) is 0 Å². The van der Waals surface area contributed by atoms with Crippen LogP contribution in [0, 0.1) is 5.41 Å². The minimum atomic E-state index is -0.792. The van der Waals surface area contributed by atoms with E-state index in [2.05, 4.69) is 10.2 Å². The van der Waals surface area contributed by atoms with E-state index < -0.39 is 16.7 Å². The Hall–Kier alpha value is -1.66. The molecule has 1 aromatic heterocycles. The van der Waals surface area contributed by atoms with Gasteiger partial charge in [0.2, 0.25) is 0 Å². The van der Waals surface area contributed by atoms with E-state index in [1.807, 2.05) is 27.7 Å². The highest BCUT2D eigenvalue weighted by Crippen LogP contribution is 2.59. The lowest BCUT2D eigenvalue weighted by Crippen LogP contribution is -2.46. The maximum absolute atomic E-state index is 12.1. The molecule has 0 saturated carbocycles. The highest BCUT2D eigenvalue weighted by molar-refractivity contribution is 5.14. The third-order valence-electron chi connectivity index (χ3n) is 4.77. The molecule has 0 aliphatic carbocycles. The van der Waals surface area contributed by atoms with E-state index in [0.29, 0.717) is 0 Å². The van der Waals surface area contributed by atoms with Crippen LogP contribution < -0.4 is 11.4 Å². The highest BCUT2D eigenvalue weighted by Gasteiger charge is 2.69. The van der Waals surface area contributed by atoms with Gasteiger partial charge in [0.05, 0.1) is 5.41 Å². The van der Waals surface area contributed by atoms with Gasteiger partial charge in [0.1, 0.15) is 0 Å². The normalized spacial score (nSPS) is 36.5. The smallest absolute Gasteiger partial charge is 0.246 e. The van der Waals surface area contributed by atoms with Gasteiger partial charge in [-0.1, -0.05) is 13.8 Å². The highest BCUT2D eigenvalue weighted by atomic mass is 16.2. The van der Waals surface area contributed by atoms with Crippen molar-refractivity contribution < 1.29 is 0 Å². The van der Waals surface area contributed by atoms with Crippen LogP contribution >= 0.6 is 0 Å². The molecule has 0 radical (unpaired) electrons. The third kappa shape index (κ3) is 0.713. The maximum atomic E-state index is 12.1. The fourth-order valence-electron chi connectivity index (χ4n) is 2.81. The average molecular weight is 237 g/mol. The summed E-state index contributed by atoms with van der Waals surface area (Å²) in [6.45, 7) is 7.63. The molecule has 0 aromatic carbocycles. The first-order valence-electron chi connectivity index (χ1n) is 5.54. The number of nitrogens with zero attached hydrogens (tertiary/aromatic N) is 5. The molecule has 2 atom stereocenters. The Balaban J connectivity index is 2.56. The van der Waals surface area contributed by atoms with Crippen molar-refractivity contribution in [1.82, 2.24) is 13.9 Å². The topological polar surface area (TPSA) is 73.7 Å². The molecule has 7 nitrogen and oxygen atoms in total. The summed E-state index contributed by atoms with van der Waals surface area (Å²) in [5.41, 5.74) is -2.67. The Kier molecular flexibility index (Phi) is 1.42. The van der Waals surface area contributed by atoms with Crippen LogP contribution in [0.4, 0.5) is 0 Å². The molecule has 92 valence electrons. The van der Waals surface area contributed by atoms with Crippen molar-refractivity contribution in [2.45, 2.75) is 39.0 Å². The van der Waals surface area contributed by atoms with Gasteiger partial charge in [-0.2, -0.15) is 19.6 Å². The molecule has 2 aliphatic heterocycles. The summed E-state index contributed by atoms with van der Waals surface area (Å²) >= 11 is 0.